The van der Waals surface area contributed by atoms with E-state index in [4.69, 9.17) is 4.74 Å². The molecule has 0 aliphatic carbocycles. The van der Waals surface area contributed by atoms with Crippen molar-refractivity contribution in [3.8, 4) is 5.75 Å². The van der Waals surface area contributed by atoms with Gasteiger partial charge in [-0.1, -0.05) is 80.1 Å². The molecule has 0 aliphatic rings. The van der Waals surface area contributed by atoms with Gasteiger partial charge in [0, 0.05) is 17.1 Å². The first kappa shape index (κ1) is 21.2. The predicted molar refractivity (Wildman–Crippen MR) is 128 cm³/mol. The molecule has 4 rings (SSSR count). The smallest absolute Gasteiger partial charge is 0.119 e. The Balaban J connectivity index is 0.00000124. The SMILES string of the molecule is CC.Cc1ccc(N(c2ccccc2)c2ccc(OCc3ccccc3)cc2)cc1. The average molecular weight is 396 g/mol. The van der Waals surface area contributed by atoms with Gasteiger partial charge in [-0.2, -0.15) is 0 Å². The summed E-state index contributed by atoms with van der Waals surface area (Å²) in [4.78, 5) is 2.25. The molecule has 4 aromatic rings. The summed E-state index contributed by atoms with van der Waals surface area (Å²) in [5, 5.41) is 0. The lowest BCUT2D eigenvalue weighted by molar-refractivity contribution is 0.306. The van der Waals surface area contributed by atoms with Crippen LogP contribution < -0.4 is 9.64 Å². The first-order valence-electron chi connectivity index (χ1n) is 10.5. The zero-order valence-electron chi connectivity index (χ0n) is 18.0. The monoisotopic (exact) mass is 395 g/mol. The van der Waals surface area contributed by atoms with Gasteiger partial charge in [0.25, 0.3) is 0 Å². The van der Waals surface area contributed by atoms with E-state index in [9.17, 15) is 0 Å². The summed E-state index contributed by atoms with van der Waals surface area (Å²) >= 11 is 0. The van der Waals surface area contributed by atoms with Crippen LogP contribution in [0.3, 0.4) is 0 Å². The van der Waals surface area contributed by atoms with Crippen molar-refractivity contribution in [2.24, 2.45) is 0 Å². The van der Waals surface area contributed by atoms with Crippen molar-refractivity contribution in [1.29, 1.82) is 0 Å². The van der Waals surface area contributed by atoms with E-state index >= 15 is 0 Å². The summed E-state index contributed by atoms with van der Waals surface area (Å²) in [5.74, 6) is 0.865. The molecule has 152 valence electrons. The van der Waals surface area contributed by atoms with Gasteiger partial charge in [-0.15, -0.1) is 0 Å². The fraction of sp³-hybridized carbons (Fsp3) is 0.143. The van der Waals surface area contributed by atoms with E-state index in [-0.39, 0.29) is 0 Å². The lowest BCUT2D eigenvalue weighted by atomic mass is 10.1. The van der Waals surface area contributed by atoms with Crippen molar-refractivity contribution >= 4 is 17.1 Å². The Kier molecular flexibility index (Phi) is 7.68. The molecule has 0 aromatic heterocycles. The zero-order valence-corrected chi connectivity index (χ0v) is 18.0. The summed E-state index contributed by atoms with van der Waals surface area (Å²) in [6.45, 7) is 6.68. The lowest BCUT2D eigenvalue weighted by Crippen LogP contribution is -2.09. The molecule has 0 radical (unpaired) electrons. The normalized spacial score (nSPS) is 9.97. The molecule has 0 saturated carbocycles. The number of hydrogen-bond acceptors (Lipinski definition) is 2. The van der Waals surface area contributed by atoms with Crippen molar-refractivity contribution in [2.75, 3.05) is 4.90 Å². The summed E-state index contributed by atoms with van der Waals surface area (Å²) < 4.78 is 5.94. The van der Waals surface area contributed by atoms with E-state index in [0.29, 0.717) is 6.61 Å². The highest BCUT2D eigenvalue weighted by Gasteiger charge is 2.12. The number of ether oxygens (including phenoxy) is 1. The minimum atomic E-state index is 0.570. The number of hydrogen-bond donors (Lipinski definition) is 0. The third kappa shape index (κ3) is 5.51. The largest absolute Gasteiger partial charge is 0.489 e. The topological polar surface area (TPSA) is 12.5 Å². The molecule has 0 atom stereocenters. The average Bonchev–Trinajstić information content (AvgIpc) is 2.83. The molecule has 0 saturated heterocycles. The van der Waals surface area contributed by atoms with E-state index in [1.807, 2.05) is 50.2 Å². The maximum Gasteiger partial charge on any atom is 0.119 e. The number of benzene rings is 4. The minimum absolute atomic E-state index is 0.570. The van der Waals surface area contributed by atoms with Gasteiger partial charge < -0.3 is 9.64 Å². The van der Waals surface area contributed by atoms with Gasteiger partial charge in [-0.25, -0.2) is 0 Å². The molecule has 0 amide bonds. The van der Waals surface area contributed by atoms with Gasteiger partial charge in [0.15, 0.2) is 0 Å². The zero-order chi connectivity index (χ0) is 21.2. The Morgan fingerprint density at radius 3 is 1.60 bits per heavy atom. The molecular formula is C28H29NO. The molecule has 2 nitrogen and oxygen atoms in total. The highest BCUT2D eigenvalue weighted by atomic mass is 16.5. The fourth-order valence-corrected chi connectivity index (χ4v) is 3.15. The van der Waals surface area contributed by atoms with Crippen LogP contribution in [0.4, 0.5) is 17.1 Å². The van der Waals surface area contributed by atoms with Crippen molar-refractivity contribution in [1.82, 2.24) is 0 Å². The van der Waals surface area contributed by atoms with Crippen LogP contribution in [0.15, 0.2) is 109 Å². The first-order chi connectivity index (χ1) is 14.8. The molecular weight excluding hydrogens is 366 g/mol. The number of anilines is 3. The predicted octanol–water partition coefficient (Wildman–Crippen LogP) is 8.07. The standard InChI is InChI=1S/C26H23NO.C2H6/c1-21-12-14-24(15-13-21)27(23-10-6-3-7-11-23)25-16-18-26(19-17-25)28-20-22-8-4-2-5-9-22;1-2/h2-19H,20H2,1H3;1-2H3. The Hall–Kier alpha value is -3.52. The molecule has 30 heavy (non-hydrogen) atoms. The van der Waals surface area contributed by atoms with Crippen LogP contribution in [0.1, 0.15) is 25.0 Å². The van der Waals surface area contributed by atoms with E-state index < -0.39 is 0 Å². The highest BCUT2D eigenvalue weighted by Crippen LogP contribution is 2.35. The molecule has 0 bridgehead atoms. The van der Waals surface area contributed by atoms with Crippen LogP contribution in [-0.4, -0.2) is 0 Å². The molecule has 0 unspecified atom stereocenters. The number of para-hydroxylation sites is 1. The highest BCUT2D eigenvalue weighted by molar-refractivity contribution is 5.76. The van der Waals surface area contributed by atoms with Gasteiger partial charge >= 0.3 is 0 Å². The number of aryl methyl sites for hydroxylation is 1. The van der Waals surface area contributed by atoms with Crippen molar-refractivity contribution in [3.05, 3.63) is 120 Å². The second-order valence-electron chi connectivity index (χ2n) is 6.77. The molecule has 2 heteroatoms. The van der Waals surface area contributed by atoms with Crippen LogP contribution in [-0.2, 0) is 6.61 Å². The number of nitrogens with zero attached hydrogens (tertiary/aromatic N) is 1. The van der Waals surface area contributed by atoms with Gasteiger partial charge in [0.2, 0.25) is 0 Å². The van der Waals surface area contributed by atoms with E-state index in [2.05, 4.69) is 84.6 Å². The van der Waals surface area contributed by atoms with Crippen LogP contribution in [0.5, 0.6) is 5.75 Å². The maximum atomic E-state index is 5.94. The summed E-state index contributed by atoms with van der Waals surface area (Å²) in [6, 6.07) is 37.5. The molecule has 0 heterocycles. The van der Waals surface area contributed by atoms with Crippen LogP contribution in [0.2, 0.25) is 0 Å². The van der Waals surface area contributed by atoms with Crippen LogP contribution in [0.25, 0.3) is 0 Å². The quantitative estimate of drug-likeness (QED) is 0.327. The Bertz CT molecular complexity index is 994. The lowest BCUT2D eigenvalue weighted by Gasteiger charge is -2.25. The van der Waals surface area contributed by atoms with Crippen molar-refractivity contribution in [2.45, 2.75) is 27.4 Å². The van der Waals surface area contributed by atoms with Crippen LogP contribution >= 0.6 is 0 Å². The van der Waals surface area contributed by atoms with Crippen LogP contribution in [0, 0.1) is 6.92 Å². The van der Waals surface area contributed by atoms with E-state index in [1.54, 1.807) is 0 Å². The minimum Gasteiger partial charge on any atom is -0.489 e. The third-order valence-corrected chi connectivity index (χ3v) is 4.65. The summed E-state index contributed by atoms with van der Waals surface area (Å²) in [6.07, 6.45) is 0. The van der Waals surface area contributed by atoms with Crippen molar-refractivity contribution < 1.29 is 4.74 Å². The summed E-state index contributed by atoms with van der Waals surface area (Å²) in [5.41, 5.74) is 5.78. The molecule has 0 N–H and O–H groups in total. The second kappa shape index (κ2) is 10.9. The Morgan fingerprint density at radius 2 is 1.03 bits per heavy atom. The molecule has 4 aromatic carbocycles. The fourth-order valence-electron chi connectivity index (χ4n) is 3.15. The Morgan fingerprint density at radius 1 is 0.567 bits per heavy atom. The summed E-state index contributed by atoms with van der Waals surface area (Å²) in [7, 11) is 0. The maximum absolute atomic E-state index is 5.94. The molecule has 0 aliphatic heterocycles. The van der Waals surface area contributed by atoms with Gasteiger partial charge in [0.1, 0.15) is 12.4 Å². The van der Waals surface area contributed by atoms with Gasteiger partial charge in [-0.3, -0.25) is 0 Å². The van der Waals surface area contributed by atoms with Crippen molar-refractivity contribution in [3.63, 3.8) is 0 Å². The third-order valence-electron chi connectivity index (χ3n) is 4.65. The molecule has 0 fully saturated rings. The second-order valence-corrected chi connectivity index (χ2v) is 6.77. The molecule has 0 spiro atoms. The van der Waals surface area contributed by atoms with E-state index in [1.165, 1.54) is 5.56 Å². The first-order valence-corrected chi connectivity index (χ1v) is 10.5. The Labute approximate surface area is 180 Å². The van der Waals surface area contributed by atoms with Gasteiger partial charge in [-0.05, 0) is 61.0 Å². The van der Waals surface area contributed by atoms with E-state index in [0.717, 1.165) is 28.4 Å². The van der Waals surface area contributed by atoms with Gasteiger partial charge in [0.05, 0.1) is 0 Å². The number of rotatable bonds is 6.